The van der Waals surface area contributed by atoms with Crippen LogP contribution in [0.3, 0.4) is 0 Å². The van der Waals surface area contributed by atoms with Gasteiger partial charge in [0, 0.05) is 19.6 Å². The molecule has 2 fully saturated rings. The van der Waals surface area contributed by atoms with Gasteiger partial charge in [0.1, 0.15) is 0 Å². The standard InChI is InChI=1S/C12H22N2OS/c1-14(11-4-7-16-8-5-11)12(15)10-3-2-6-13-9-10/h10-11,13H,2-9H2,1H3. The van der Waals surface area contributed by atoms with E-state index in [1.54, 1.807) is 0 Å². The van der Waals surface area contributed by atoms with Crippen molar-refractivity contribution in [3.05, 3.63) is 0 Å². The van der Waals surface area contributed by atoms with Crippen LogP contribution in [0.2, 0.25) is 0 Å². The van der Waals surface area contributed by atoms with Gasteiger partial charge in [0.25, 0.3) is 0 Å². The molecular weight excluding hydrogens is 220 g/mol. The summed E-state index contributed by atoms with van der Waals surface area (Å²) in [7, 11) is 2.00. The van der Waals surface area contributed by atoms with Crippen molar-refractivity contribution in [1.29, 1.82) is 0 Å². The summed E-state index contributed by atoms with van der Waals surface area (Å²) in [6.45, 7) is 1.96. The summed E-state index contributed by atoms with van der Waals surface area (Å²) in [4.78, 5) is 14.3. The number of nitrogens with zero attached hydrogens (tertiary/aromatic N) is 1. The van der Waals surface area contributed by atoms with Gasteiger partial charge in [0.05, 0.1) is 5.92 Å². The van der Waals surface area contributed by atoms with E-state index in [1.807, 2.05) is 23.7 Å². The third-order valence-corrected chi connectivity index (χ3v) is 4.78. The first-order chi connectivity index (χ1) is 7.79. The Morgan fingerprint density at radius 3 is 2.69 bits per heavy atom. The molecule has 0 aromatic rings. The van der Waals surface area contributed by atoms with Gasteiger partial charge in [-0.1, -0.05) is 0 Å². The Morgan fingerprint density at radius 1 is 1.31 bits per heavy atom. The minimum Gasteiger partial charge on any atom is -0.342 e. The Hall–Kier alpha value is -0.220. The lowest BCUT2D eigenvalue weighted by molar-refractivity contribution is -0.137. The highest BCUT2D eigenvalue weighted by Gasteiger charge is 2.28. The molecule has 0 aliphatic carbocycles. The average Bonchev–Trinajstić information content (AvgIpc) is 2.39. The SMILES string of the molecule is CN(C(=O)C1CCCNC1)C1CCSCC1. The topological polar surface area (TPSA) is 32.3 Å². The fourth-order valence-corrected chi connectivity index (χ4v) is 3.68. The smallest absolute Gasteiger partial charge is 0.226 e. The van der Waals surface area contributed by atoms with Crippen LogP contribution in [-0.4, -0.2) is 48.5 Å². The van der Waals surface area contributed by atoms with Gasteiger partial charge in [-0.3, -0.25) is 4.79 Å². The number of rotatable bonds is 2. The van der Waals surface area contributed by atoms with Crippen LogP contribution in [0.25, 0.3) is 0 Å². The van der Waals surface area contributed by atoms with E-state index >= 15 is 0 Å². The average molecular weight is 242 g/mol. The first kappa shape index (κ1) is 12.2. The number of carbonyl (C=O) groups is 1. The first-order valence-electron chi connectivity index (χ1n) is 6.34. The van der Waals surface area contributed by atoms with E-state index in [0.29, 0.717) is 11.9 Å². The predicted octanol–water partition coefficient (Wildman–Crippen LogP) is 1.34. The quantitative estimate of drug-likeness (QED) is 0.793. The maximum atomic E-state index is 12.3. The lowest BCUT2D eigenvalue weighted by Gasteiger charge is -2.34. The third-order valence-electron chi connectivity index (χ3n) is 3.73. The molecule has 0 saturated carbocycles. The van der Waals surface area contributed by atoms with Crippen LogP contribution in [0.1, 0.15) is 25.7 Å². The Balaban J connectivity index is 1.86. The Labute approximate surface area is 102 Å². The Morgan fingerprint density at radius 2 is 2.06 bits per heavy atom. The molecule has 2 aliphatic heterocycles. The van der Waals surface area contributed by atoms with Crippen LogP contribution in [0.4, 0.5) is 0 Å². The van der Waals surface area contributed by atoms with E-state index in [0.717, 1.165) is 25.9 Å². The molecule has 2 saturated heterocycles. The van der Waals surface area contributed by atoms with Gasteiger partial charge < -0.3 is 10.2 Å². The highest BCUT2D eigenvalue weighted by molar-refractivity contribution is 7.99. The van der Waals surface area contributed by atoms with Crippen molar-refractivity contribution < 1.29 is 4.79 Å². The van der Waals surface area contributed by atoms with Gasteiger partial charge in [0.2, 0.25) is 5.91 Å². The molecule has 16 heavy (non-hydrogen) atoms. The monoisotopic (exact) mass is 242 g/mol. The summed E-state index contributed by atoms with van der Waals surface area (Å²) >= 11 is 2.01. The summed E-state index contributed by atoms with van der Waals surface area (Å²) in [5.74, 6) is 3.02. The van der Waals surface area contributed by atoms with E-state index in [-0.39, 0.29) is 5.92 Å². The number of hydrogen-bond acceptors (Lipinski definition) is 3. The lowest BCUT2D eigenvalue weighted by atomic mass is 9.97. The Kier molecular flexibility index (Phi) is 4.53. The maximum Gasteiger partial charge on any atom is 0.226 e. The number of thioether (sulfide) groups is 1. The summed E-state index contributed by atoms with van der Waals surface area (Å²) in [5, 5.41) is 3.32. The highest BCUT2D eigenvalue weighted by Crippen LogP contribution is 2.23. The molecule has 0 aromatic heterocycles. The molecular formula is C12H22N2OS. The molecule has 2 heterocycles. The fraction of sp³-hybridized carbons (Fsp3) is 0.917. The molecule has 0 aromatic carbocycles. The molecule has 0 spiro atoms. The van der Waals surface area contributed by atoms with E-state index in [4.69, 9.17) is 0 Å². The zero-order valence-electron chi connectivity index (χ0n) is 10.1. The molecule has 2 aliphatic rings. The zero-order valence-corrected chi connectivity index (χ0v) is 10.9. The molecule has 1 amide bonds. The van der Waals surface area contributed by atoms with Crippen LogP contribution in [0.5, 0.6) is 0 Å². The lowest BCUT2D eigenvalue weighted by Crippen LogP contribution is -2.46. The molecule has 92 valence electrons. The van der Waals surface area contributed by atoms with Crippen LogP contribution in [0.15, 0.2) is 0 Å². The summed E-state index contributed by atoms with van der Waals surface area (Å²) in [6, 6.07) is 0.496. The fourth-order valence-electron chi connectivity index (χ4n) is 2.60. The van der Waals surface area contributed by atoms with Crippen molar-refractivity contribution in [2.24, 2.45) is 5.92 Å². The third kappa shape index (κ3) is 2.92. The van der Waals surface area contributed by atoms with Crippen molar-refractivity contribution >= 4 is 17.7 Å². The van der Waals surface area contributed by atoms with Gasteiger partial charge in [-0.2, -0.15) is 11.8 Å². The number of amides is 1. The summed E-state index contributed by atoms with van der Waals surface area (Å²) < 4.78 is 0. The van der Waals surface area contributed by atoms with Crippen molar-refractivity contribution in [2.45, 2.75) is 31.7 Å². The van der Waals surface area contributed by atoms with E-state index in [2.05, 4.69) is 5.32 Å². The van der Waals surface area contributed by atoms with Crippen LogP contribution >= 0.6 is 11.8 Å². The van der Waals surface area contributed by atoms with E-state index < -0.39 is 0 Å². The molecule has 2 rings (SSSR count). The molecule has 0 radical (unpaired) electrons. The number of piperidine rings is 1. The van der Waals surface area contributed by atoms with Crippen molar-refractivity contribution in [3.8, 4) is 0 Å². The normalized spacial score (nSPS) is 27.7. The van der Waals surface area contributed by atoms with Crippen molar-refractivity contribution in [2.75, 3.05) is 31.6 Å². The highest BCUT2D eigenvalue weighted by atomic mass is 32.2. The zero-order chi connectivity index (χ0) is 11.4. The summed E-state index contributed by atoms with van der Waals surface area (Å²) in [5.41, 5.74) is 0. The largest absolute Gasteiger partial charge is 0.342 e. The van der Waals surface area contributed by atoms with Gasteiger partial charge in [0.15, 0.2) is 0 Å². The van der Waals surface area contributed by atoms with Gasteiger partial charge in [-0.15, -0.1) is 0 Å². The molecule has 0 bridgehead atoms. The molecule has 1 atom stereocenters. The van der Waals surface area contributed by atoms with Crippen LogP contribution in [0, 0.1) is 5.92 Å². The summed E-state index contributed by atoms with van der Waals surface area (Å²) in [6.07, 6.45) is 4.56. The predicted molar refractivity (Wildman–Crippen MR) is 68.7 cm³/mol. The maximum absolute atomic E-state index is 12.3. The van der Waals surface area contributed by atoms with Crippen molar-refractivity contribution in [3.63, 3.8) is 0 Å². The minimum atomic E-state index is 0.230. The van der Waals surface area contributed by atoms with Gasteiger partial charge >= 0.3 is 0 Å². The molecule has 3 nitrogen and oxygen atoms in total. The van der Waals surface area contributed by atoms with Crippen LogP contribution in [-0.2, 0) is 4.79 Å². The molecule has 1 unspecified atom stereocenters. The second kappa shape index (κ2) is 5.92. The number of hydrogen-bond donors (Lipinski definition) is 1. The Bertz CT molecular complexity index is 235. The van der Waals surface area contributed by atoms with E-state index in [9.17, 15) is 4.79 Å². The van der Waals surface area contributed by atoms with Gasteiger partial charge in [-0.05, 0) is 43.7 Å². The molecule has 1 N–H and O–H groups in total. The van der Waals surface area contributed by atoms with Crippen molar-refractivity contribution in [1.82, 2.24) is 10.2 Å². The minimum absolute atomic E-state index is 0.230. The number of nitrogens with one attached hydrogen (secondary N) is 1. The second-order valence-corrected chi connectivity index (χ2v) is 6.06. The first-order valence-corrected chi connectivity index (χ1v) is 7.49. The van der Waals surface area contributed by atoms with Gasteiger partial charge in [-0.25, -0.2) is 0 Å². The van der Waals surface area contributed by atoms with Crippen LogP contribution < -0.4 is 5.32 Å². The number of carbonyl (C=O) groups excluding carboxylic acids is 1. The molecule has 4 heteroatoms. The second-order valence-electron chi connectivity index (χ2n) is 4.84. The van der Waals surface area contributed by atoms with E-state index in [1.165, 1.54) is 24.3 Å².